The van der Waals surface area contributed by atoms with Crippen molar-refractivity contribution in [3.05, 3.63) is 63.1 Å². The van der Waals surface area contributed by atoms with Gasteiger partial charge in [-0.2, -0.15) is 0 Å². The van der Waals surface area contributed by atoms with Gasteiger partial charge in [-0.25, -0.2) is 0 Å². The number of carbonyl (C=O) groups is 2. The van der Waals surface area contributed by atoms with Gasteiger partial charge in [0.15, 0.2) is 0 Å². The van der Waals surface area contributed by atoms with Gasteiger partial charge in [-0.05, 0) is 29.8 Å². The second-order valence-corrected chi connectivity index (χ2v) is 6.62. The maximum Gasteiger partial charge on any atom is 0.224 e. The monoisotopic (exact) mass is 398 g/mol. The van der Waals surface area contributed by atoms with Crippen molar-refractivity contribution in [3.8, 4) is 0 Å². The van der Waals surface area contributed by atoms with Gasteiger partial charge in [0, 0.05) is 25.0 Å². The van der Waals surface area contributed by atoms with Crippen LogP contribution in [0, 0.1) is 0 Å². The van der Waals surface area contributed by atoms with Crippen molar-refractivity contribution in [1.29, 1.82) is 0 Å². The normalized spacial score (nSPS) is 10.4. The molecule has 0 bridgehead atoms. The van der Waals surface area contributed by atoms with E-state index in [-0.39, 0.29) is 18.2 Å². The summed E-state index contributed by atoms with van der Waals surface area (Å²) in [4.78, 5) is 25.4. The van der Waals surface area contributed by atoms with E-state index in [4.69, 9.17) is 34.8 Å². The first-order valence-electron chi connectivity index (χ1n) is 7.61. The maximum atomic E-state index is 12.0. The summed E-state index contributed by atoms with van der Waals surface area (Å²) in [5, 5.41) is 4.10. The molecule has 2 aromatic carbocycles. The second kappa shape index (κ2) is 9.09. The fourth-order valence-corrected chi connectivity index (χ4v) is 2.83. The van der Waals surface area contributed by atoms with Crippen molar-refractivity contribution in [1.82, 2.24) is 5.32 Å². The number of hydrogen-bond acceptors (Lipinski definition) is 2. The Morgan fingerprint density at radius 2 is 1.72 bits per heavy atom. The zero-order valence-corrected chi connectivity index (χ0v) is 15.8. The maximum absolute atomic E-state index is 12.0. The van der Waals surface area contributed by atoms with Crippen molar-refractivity contribution in [3.63, 3.8) is 0 Å². The molecule has 0 aliphatic heterocycles. The molecule has 132 valence electrons. The van der Waals surface area contributed by atoms with E-state index in [9.17, 15) is 9.59 Å². The zero-order valence-electron chi connectivity index (χ0n) is 13.6. The van der Waals surface area contributed by atoms with Crippen LogP contribution in [0.4, 0.5) is 5.69 Å². The molecule has 1 N–H and O–H groups in total. The molecule has 0 radical (unpaired) electrons. The average molecular weight is 400 g/mol. The zero-order chi connectivity index (χ0) is 18.4. The largest absolute Gasteiger partial charge is 0.354 e. The molecule has 2 rings (SSSR count). The average Bonchev–Trinajstić information content (AvgIpc) is 2.56. The Hall–Kier alpha value is -1.75. The Bertz CT molecular complexity index is 763. The van der Waals surface area contributed by atoms with E-state index in [0.717, 1.165) is 5.56 Å². The fourth-order valence-electron chi connectivity index (χ4n) is 2.31. The molecular formula is C18H17Cl3N2O2. The number of carbonyl (C=O) groups excluding carboxylic acids is 2. The SMILES string of the molecule is CC(=O)N(CCNC(=O)Cc1ccc(Cl)cc1)c1cccc(Cl)c1Cl. The third-order valence-electron chi connectivity index (χ3n) is 3.54. The number of benzene rings is 2. The lowest BCUT2D eigenvalue weighted by Gasteiger charge is -2.23. The van der Waals surface area contributed by atoms with Gasteiger partial charge in [0.05, 0.1) is 22.2 Å². The molecule has 0 spiro atoms. The molecule has 0 saturated carbocycles. The Labute approximate surface area is 161 Å². The smallest absolute Gasteiger partial charge is 0.224 e. The molecule has 2 aromatic rings. The molecule has 0 heterocycles. The summed E-state index contributed by atoms with van der Waals surface area (Å²) in [5.41, 5.74) is 1.39. The number of rotatable bonds is 6. The van der Waals surface area contributed by atoms with Gasteiger partial charge in [0.2, 0.25) is 11.8 Å². The number of nitrogens with zero attached hydrogens (tertiary/aromatic N) is 1. The van der Waals surface area contributed by atoms with Gasteiger partial charge >= 0.3 is 0 Å². The van der Waals surface area contributed by atoms with E-state index in [1.165, 1.54) is 11.8 Å². The Morgan fingerprint density at radius 1 is 1.04 bits per heavy atom. The van der Waals surface area contributed by atoms with Gasteiger partial charge in [0.25, 0.3) is 0 Å². The lowest BCUT2D eigenvalue weighted by Crippen LogP contribution is -2.38. The third-order valence-corrected chi connectivity index (χ3v) is 4.60. The lowest BCUT2D eigenvalue weighted by atomic mass is 10.1. The van der Waals surface area contributed by atoms with Crippen LogP contribution < -0.4 is 10.2 Å². The van der Waals surface area contributed by atoms with Crippen molar-refractivity contribution in [2.45, 2.75) is 13.3 Å². The number of amides is 2. The summed E-state index contributed by atoms with van der Waals surface area (Å²) in [6, 6.07) is 12.2. The first-order chi connectivity index (χ1) is 11.9. The van der Waals surface area contributed by atoms with Crippen LogP contribution in [0.3, 0.4) is 0 Å². The highest BCUT2D eigenvalue weighted by atomic mass is 35.5. The highest BCUT2D eigenvalue weighted by Gasteiger charge is 2.16. The standard InChI is InChI=1S/C18H17Cl3N2O2/c1-12(24)23(16-4-2-3-15(20)18(16)21)10-9-22-17(25)11-13-5-7-14(19)8-6-13/h2-8H,9-11H2,1H3,(H,22,25). The van der Waals surface area contributed by atoms with Crippen LogP contribution in [0.5, 0.6) is 0 Å². The number of halogens is 3. The van der Waals surface area contributed by atoms with Crippen LogP contribution in [-0.4, -0.2) is 24.9 Å². The predicted octanol–water partition coefficient (Wildman–Crippen LogP) is 4.36. The minimum absolute atomic E-state index is 0.136. The van der Waals surface area contributed by atoms with Crippen LogP contribution in [0.2, 0.25) is 15.1 Å². The summed E-state index contributed by atoms with van der Waals surface area (Å²) in [7, 11) is 0. The summed E-state index contributed by atoms with van der Waals surface area (Å²) in [5.74, 6) is -0.320. The number of nitrogens with one attached hydrogen (secondary N) is 1. The lowest BCUT2D eigenvalue weighted by molar-refractivity contribution is -0.121. The van der Waals surface area contributed by atoms with E-state index < -0.39 is 0 Å². The molecule has 0 aliphatic rings. The Balaban J connectivity index is 1.93. The van der Waals surface area contributed by atoms with Crippen molar-refractivity contribution in [2.75, 3.05) is 18.0 Å². The molecule has 7 heteroatoms. The summed E-state index contributed by atoms with van der Waals surface area (Å²) >= 11 is 18.0. The molecule has 25 heavy (non-hydrogen) atoms. The first kappa shape index (κ1) is 19.6. The molecule has 2 amide bonds. The first-order valence-corrected chi connectivity index (χ1v) is 8.75. The summed E-state index contributed by atoms with van der Waals surface area (Å²) < 4.78 is 0. The minimum Gasteiger partial charge on any atom is -0.354 e. The van der Waals surface area contributed by atoms with E-state index in [1.807, 2.05) is 0 Å². The Kier molecular flexibility index (Phi) is 7.12. The second-order valence-electron chi connectivity index (χ2n) is 5.40. The predicted molar refractivity (Wildman–Crippen MR) is 103 cm³/mol. The molecule has 0 aliphatic carbocycles. The molecular weight excluding hydrogens is 383 g/mol. The van der Waals surface area contributed by atoms with E-state index in [2.05, 4.69) is 5.32 Å². The molecule has 0 saturated heterocycles. The van der Waals surface area contributed by atoms with Gasteiger partial charge in [-0.1, -0.05) is 53.0 Å². The van der Waals surface area contributed by atoms with Crippen LogP contribution in [0.25, 0.3) is 0 Å². The van der Waals surface area contributed by atoms with Crippen molar-refractivity contribution < 1.29 is 9.59 Å². The van der Waals surface area contributed by atoms with Crippen LogP contribution >= 0.6 is 34.8 Å². The van der Waals surface area contributed by atoms with Crippen LogP contribution in [0.15, 0.2) is 42.5 Å². The van der Waals surface area contributed by atoms with Gasteiger partial charge in [-0.3, -0.25) is 9.59 Å². The summed E-state index contributed by atoms with van der Waals surface area (Å²) in [6.07, 6.45) is 0.245. The fraction of sp³-hybridized carbons (Fsp3) is 0.222. The van der Waals surface area contributed by atoms with Crippen LogP contribution in [-0.2, 0) is 16.0 Å². The molecule has 0 atom stereocenters. The number of hydrogen-bond donors (Lipinski definition) is 1. The molecule has 0 aromatic heterocycles. The van der Waals surface area contributed by atoms with E-state index in [0.29, 0.717) is 33.8 Å². The molecule has 0 fully saturated rings. The van der Waals surface area contributed by atoms with Crippen molar-refractivity contribution in [2.24, 2.45) is 0 Å². The number of anilines is 1. The van der Waals surface area contributed by atoms with E-state index in [1.54, 1.807) is 42.5 Å². The van der Waals surface area contributed by atoms with E-state index >= 15 is 0 Å². The quantitative estimate of drug-likeness (QED) is 0.784. The summed E-state index contributed by atoms with van der Waals surface area (Å²) in [6.45, 7) is 2.03. The Morgan fingerprint density at radius 3 is 2.36 bits per heavy atom. The van der Waals surface area contributed by atoms with Gasteiger partial charge < -0.3 is 10.2 Å². The van der Waals surface area contributed by atoms with Gasteiger partial charge in [-0.15, -0.1) is 0 Å². The van der Waals surface area contributed by atoms with Gasteiger partial charge in [0.1, 0.15) is 0 Å². The van der Waals surface area contributed by atoms with Crippen LogP contribution in [0.1, 0.15) is 12.5 Å². The highest BCUT2D eigenvalue weighted by molar-refractivity contribution is 6.44. The third kappa shape index (κ3) is 5.63. The van der Waals surface area contributed by atoms with Crippen molar-refractivity contribution >= 4 is 52.3 Å². The molecule has 0 unspecified atom stereocenters. The highest BCUT2D eigenvalue weighted by Crippen LogP contribution is 2.32. The topological polar surface area (TPSA) is 49.4 Å². The molecule has 4 nitrogen and oxygen atoms in total. The minimum atomic E-state index is -0.184.